The molecule has 96 valence electrons. The zero-order valence-corrected chi connectivity index (χ0v) is 10.3. The number of rotatable bonds is 2. The van der Waals surface area contributed by atoms with Crippen LogP contribution in [0.3, 0.4) is 0 Å². The van der Waals surface area contributed by atoms with E-state index in [0.717, 1.165) is 16.7 Å². The molecule has 0 saturated carbocycles. The summed E-state index contributed by atoms with van der Waals surface area (Å²) in [5.74, 6) is 0.582. The monoisotopic (exact) mass is 254 g/mol. The Morgan fingerprint density at radius 3 is 2.84 bits per heavy atom. The van der Waals surface area contributed by atoms with Gasteiger partial charge in [-0.05, 0) is 34.9 Å². The highest BCUT2D eigenvalue weighted by molar-refractivity contribution is 5.96. The highest BCUT2D eigenvalue weighted by Gasteiger charge is 2.16. The Hall–Kier alpha value is -2.33. The van der Waals surface area contributed by atoms with Crippen LogP contribution in [0.2, 0.25) is 0 Å². The topological polar surface area (TPSA) is 64.3 Å². The summed E-state index contributed by atoms with van der Waals surface area (Å²) in [7, 11) is 0. The number of hydrogen-bond donors (Lipinski definition) is 2. The molecule has 4 nitrogen and oxygen atoms in total. The number of anilines is 1. The molecule has 2 aromatic carbocycles. The molecule has 2 aromatic rings. The number of benzene rings is 2. The van der Waals surface area contributed by atoms with Gasteiger partial charge < -0.3 is 15.8 Å². The van der Waals surface area contributed by atoms with Gasteiger partial charge in [0.1, 0.15) is 5.75 Å². The summed E-state index contributed by atoms with van der Waals surface area (Å²) in [4.78, 5) is 11.3. The van der Waals surface area contributed by atoms with Gasteiger partial charge in [-0.15, -0.1) is 0 Å². The van der Waals surface area contributed by atoms with Crippen molar-refractivity contribution in [1.29, 1.82) is 0 Å². The van der Waals surface area contributed by atoms with Gasteiger partial charge in [0, 0.05) is 6.54 Å². The molecule has 0 atom stereocenters. The van der Waals surface area contributed by atoms with Crippen LogP contribution in [0.15, 0.2) is 42.5 Å². The lowest BCUT2D eigenvalue weighted by Crippen LogP contribution is -2.25. The molecule has 0 aliphatic carbocycles. The minimum Gasteiger partial charge on any atom is -0.482 e. The lowest BCUT2D eigenvalue weighted by Gasteiger charge is -2.18. The zero-order chi connectivity index (χ0) is 13.2. The van der Waals surface area contributed by atoms with E-state index in [1.54, 1.807) is 0 Å². The molecule has 0 aromatic heterocycles. The van der Waals surface area contributed by atoms with Crippen LogP contribution in [0.25, 0.3) is 11.1 Å². The third-order valence-corrected chi connectivity index (χ3v) is 3.11. The van der Waals surface area contributed by atoms with E-state index in [9.17, 15) is 4.79 Å². The second-order valence-electron chi connectivity index (χ2n) is 4.45. The van der Waals surface area contributed by atoms with Crippen molar-refractivity contribution >= 4 is 11.6 Å². The fourth-order valence-corrected chi connectivity index (χ4v) is 2.14. The molecule has 19 heavy (non-hydrogen) atoms. The predicted molar refractivity (Wildman–Crippen MR) is 73.9 cm³/mol. The second kappa shape index (κ2) is 4.74. The largest absolute Gasteiger partial charge is 0.482 e. The van der Waals surface area contributed by atoms with Crippen LogP contribution in [0.1, 0.15) is 5.56 Å². The van der Waals surface area contributed by atoms with Crippen LogP contribution in [0, 0.1) is 0 Å². The second-order valence-corrected chi connectivity index (χ2v) is 4.45. The highest BCUT2D eigenvalue weighted by Crippen LogP contribution is 2.32. The molecule has 0 spiro atoms. The Morgan fingerprint density at radius 2 is 2.00 bits per heavy atom. The fraction of sp³-hybridized carbons (Fsp3) is 0.133. The fourth-order valence-electron chi connectivity index (χ4n) is 2.14. The summed E-state index contributed by atoms with van der Waals surface area (Å²) in [6, 6.07) is 13.8. The predicted octanol–water partition coefficient (Wildman–Crippen LogP) is 2.14. The molecule has 3 rings (SSSR count). The van der Waals surface area contributed by atoms with E-state index in [4.69, 9.17) is 10.5 Å². The van der Waals surface area contributed by atoms with E-state index in [1.165, 1.54) is 0 Å². The van der Waals surface area contributed by atoms with E-state index in [2.05, 4.69) is 5.32 Å². The maximum atomic E-state index is 11.3. The van der Waals surface area contributed by atoms with Crippen LogP contribution in [0.4, 0.5) is 5.69 Å². The Labute approximate surface area is 111 Å². The maximum absolute atomic E-state index is 11.3. The van der Waals surface area contributed by atoms with E-state index in [0.29, 0.717) is 18.0 Å². The molecule has 1 heterocycles. The smallest absolute Gasteiger partial charge is 0.262 e. The average molecular weight is 254 g/mol. The molecular weight excluding hydrogens is 240 g/mol. The van der Waals surface area contributed by atoms with E-state index < -0.39 is 0 Å². The molecule has 0 saturated heterocycles. The van der Waals surface area contributed by atoms with E-state index in [1.807, 2.05) is 42.5 Å². The van der Waals surface area contributed by atoms with Crippen LogP contribution in [-0.4, -0.2) is 12.5 Å². The van der Waals surface area contributed by atoms with E-state index in [-0.39, 0.29) is 12.5 Å². The summed E-state index contributed by atoms with van der Waals surface area (Å²) in [6.45, 7) is 0.591. The van der Waals surface area contributed by atoms with Crippen molar-refractivity contribution in [3.05, 3.63) is 48.0 Å². The van der Waals surface area contributed by atoms with Crippen molar-refractivity contribution in [2.45, 2.75) is 6.54 Å². The number of nitrogens with one attached hydrogen (secondary N) is 1. The molecule has 1 aliphatic rings. The summed E-state index contributed by atoms with van der Waals surface area (Å²) >= 11 is 0. The zero-order valence-electron chi connectivity index (χ0n) is 10.3. The van der Waals surface area contributed by atoms with Crippen LogP contribution in [-0.2, 0) is 11.3 Å². The number of carbonyl (C=O) groups excluding carboxylic acids is 1. The first kappa shape index (κ1) is 11.7. The van der Waals surface area contributed by atoms with Crippen molar-refractivity contribution in [3.8, 4) is 16.9 Å². The van der Waals surface area contributed by atoms with Crippen molar-refractivity contribution < 1.29 is 9.53 Å². The van der Waals surface area contributed by atoms with Gasteiger partial charge in [0.2, 0.25) is 0 Å². The minimum absolute atomic E-state index is 0.0784. The van der Waals surface area contributed by atoms with Crippen molar-refractivity contribution in [1.82, 2.24) is 0 Å². The minimum atomic E-state index is -0.125. The Morgan fingerprint density at radius 1 is 1.16 bits per heavy atom. The molecule has 0 radical (unpaired) electrons. The van der Waals surface area contributed by atoms with Crippen molar-refractivity contribution in [2.24, 2.45) is 5.73 Å². The number of nitrogens with two attached hydrogens (primary N) is 1. The Balaban J connectivity index is 2.01. The number of amides is 1. The third kappa shape index (κ3) is 2.30. The quantitative estimate of drug-likeness (QED) is 0.863. The van der Waals surface area contributed by atoms with Crippen LogP contribution >= 0.6 is 0 Å². The lowest BCUT2D eigenvalue weighted by atomic mass is 10.0. The molecule has 3 N–H and O–H groups in total. The first-order valence-electron chi connectivity index (χ1n) is 6.12. The first-order valence-corrected chi connectivity index (χ1v) is 6.12. The van der Waals surface area contributed by atoms with Crippen molar-refractivity contribution in [3.63, 3.8) is 0 Å². The molecular formula is C15H14N2O2. The third-order valence-electron chi connectivity index (χ3n) is 3.11. The molecule has 0 unspecified atom stereocenters. The van der Waals surface area contributed by atoms with Gasteiger partial charge in [0.25, 0.3) is 5.91 Å². The van der Waals surface area contributed by atoms with Crippen LogP contribution in [0.5, 0.6) is 5.75 Å². The Kier molecular flexibility index (Phi) is 2.93. The van der Waals surface area contributed by atoms with Gasteiger partial charge >= 0.3 is 0 Å². The van der Waals surface area contributed by atoms with Gasteiger partial charge in [0.05, 0.1) is 5.69 Å². The molecule has 1 aliphatic heterocycles. The molecule has 4 heteroatoms. The number of carbonyl (C=O) groups is 1. The lowest BCUT2D eigenvalue weighted by molar-refractivity contribution is -0.118. The van der Waals surface area contributed by atoms with E-state index >= 15 is 0 Å². The summed E-state index contributed by atoms with van der Waals surface area (Å²) < 4.78 is 5.34. The number of ether oxygens (including phenoxy) is 1. The molecule has 0 bridgehead atoms. The number of fused-ring (bicyclic) bond motifs is 1. The van der Waals surface area contributed by atoms with Gasteiger partial charge in [0.15, 0.2) is 6.61 Å². The standard InChI is InChI=1S/C15H14N2O2/c16-8-10-2-1-3-11(6-10)12-4-5-14-13(7-12)17-15(18)9-19-14/h1-7H,8-9,16H2,(H,17,18). The van der Waals surface area contributed by atoms with Crippen LogP contribution < -0.4 is 15.8 Å². The van der Waals surface area contributed by atoms with Gasteiger partial charge in [-0.2, -0.15) is 0 Å². The van der Waals surface area contributed by atoms with Gasteiger partial charge in [-0.3, -0.25) is 4.79 Å². The van der Waals surface area contributed by atoms with Gasteiger partial charge in [-0.25, -0.2) is 0 Å². The summed E-state index contributed by atoms with van der Waals surface area (Å²) in [5, 5.41) is 2.81. The SMILES string of the molecule is NCc1cccc(-c2ccc3c(c2)NC(=O)CO3)c1. The molecule has 0 fully saturated rings. The van der Waals surface area contributed by atoms with Crippen molar-refractivity contribution in [2.75, 3.05) is 11.9 Å². The average Bonchev–Trinajstić information content (AvgIpc) is 2.46. The summed E-state index contributed by atoms with van der Waals surface area (Å²) in [5.41, 5.74) is 9.54. The summed E-state index contributed by atoms with van der Waals surface area (Å²) in [6.07, 6.45) is 0. The number of hydrogen-bond acceptors (Lipinski definition) is 3. The maximum Gasteiger partial charge on any atom is 0.262 e. The highest BCUT2D eigenvalue weighted by atomic mass is 16.5. The first-order chi connectivity index (χ1) is 9.26. The molecule has 1 amide bonds. The normalized spacial score (nSPS) is 13.4. The Bertz CT molecular complexity index is 638. The van der Waals surface area contributed by atoms with Gasteiger partial charge in [-0.1, -0.05) is 24.3 Å².